The molecule has 1 N–H and O–H groups in total. The lowest BCUT2D eigenvalue weighted by molar-refractivity contribution is 0.151. The van der Waals surface area contributed by atoms with Crippen LogP contribution in [-0.2, 0) is 11.3 Å². The molecule has 1 amide bonds. The van der Waals surface area contributed by atoms with Crippen molar-refractivity contribution in [3.8, 4) is 5.75 Å². The Labute approximate surface area is 89.2 Å². The van der Waals surface area contributed by atoms with E-state index in [2.05, 4.69) is 5.32 Å². The molecule has 0 aliphatic carbocycles. The van der Waals surface area contributed by atoms with E-state index in [1.807, 2.05) is 24.3 Å². The summed E-state index contributed by atoms with van der Waals surface area (Å²) in [6.07, 6.45) is -0.414. The predicted octanol–water partition coefficient (Wildman–Crippen LogP) is 1.94. The minimum atomic E-state index is -0.414. The van der Waals surface area contributed by atoms with Crippen molar-refractivity contribution in [3.05, 3.63) is 29.8 Å². The van der Waals surface area contributed by atoms with E-state index >= 15 is 0 Å². The van der Waals surface area contributed by atoms with E-state index in [0.29, 0.717) is 13.2 Å². The molecule has 0 saturated heterocycles. The second-order valence-electron chi connectivity index (χ2n) is 2.89. The first kappa shape index (κ1) is 11.4. The topological polar surface area (TPSA) is 47.6 Å². The minimum absolute atomic E-state index is 0.373. The van der Waals surface area contributed by atoms with Crippen molar-refractivity contribution in [1.82, 2.24) is 5.32 Å². The maximum atomic E-state index is 11.0. The number of hydrogen-bond acceptors (Lipinski definition) is 3. The number of carbonyl (C=O) groups is 1. The van der Waals surface area contributed by atoms with Crippen LogP contribution >= 0.6 is 0 Å². The molecule has 4 heteroatoms. The van der Waals surface area contributed by atoms with Gasteiger partial charge in [0.15, 0.2) is 0 Å². The number of nitrogens with one attached hydrogen (secondary N) is 1. The van der Waals surface area contributed by atoms with Gasteiger partial charge in [-0.05, 0) is 13.0 Å². The van der Waals surface area contributed by atoms with Crippen LogP contribution in [-0.4, -0.2) is 19.8 Å². The largest absolute Gasteiger partial charge is 0.496 e. The van der Waals surface area contributed by atoms with Crippen molar-refractivity contribution in [3.63, 3.8) is 0 Å². The maximum Gasteiger partial charge on any atom is 0.407 e. The van der Waals surface area contributed by atoms with Gasteiger partial charge in [0, 0.05) is 12.1 Å². The number of para-hydroxylation sites is 1. The van der Waals surface area contributed by atoms with Gasteiger partial charge in [-0.15, -0.1) is 0 Å². The predicted molar refractivity (Wildman–Crippen MR) is 56.9 cm³/mol. The lowest BCUT2D eigenvalue weighted by Crippen LogP contribution is -2.23. The Morgan fingerprint density at radius 1 is 1.40 bits per heavy atom. The Hall–Kier alpha value is -1.71. The van der Waals surface area contributed by atoms with Crippen molar-refractivity contribution in [2.24, 2.45) is 0 Å². The van der Waals surface area contributed by atoms with Gasteiger partial charge < -0.3 is 14.8 Å². The average Bonchev–Trinajstić information content (AvgIpc) is 2.27. The summed E-state index contributed by atoms with van der Waals surface area (Å²) in [5.74, 6) is 0.759. The molecule has 82 valence electrons. The number of alkyl carbamates (subject to hydrolysis) is 1. The molecule has 0 aliphatic heterocycles. The maximum absolute atomic E-state index is 11.0. The molecular weight excluding hydrogens is 194 g/mol. The Balaban J connectivity index is 2.53. The summed E-state index contributed by atoms with van der Waals surface area (Å²) in [5.41, 5.74) is 0.924. The normalized spacial score (nSPS) is 9.47. The lowest BCUT2D eigenvalue weighted by atomic mass is 10.2. The second-order valence-corrected chi connectivity index (χ2v) is 2.89. The highest BCUT2D eigenvalue weighted by molar-refractivity contribution is 5.67. The highest BCUT2D eigenvalue weighted by Crippen LogP contribution is 2.16. The number of methoxy groups -OCH3 is 1. The van der Waals surface area contributed by atoms with E-state index in [1.54, 1.807) is 14.0 Å². The first-order valence-corrected chi connectivity index (χ1v) is 4.80. The van der Waals surface area contributed by atoms with Gasteiger partial charge in [-0.25, -0.2) is 4.79 Å². The number of ether oxygens (including phenoxy) is 2. The number of benzene rings is 1. The molecule has 1 aromatic rings. The Morgan fingerprint density at radius 3 is 2.80 bits per heavy atom. The third-order valence-electron chi connectivity index (χ3n) is 1.89. The van der Waals surface area contributed by atoms with Crippen LogP contribution in [0.1, 0.15) is 12.5 Å². The van der Waals surface area contributed by atoms with Gasteiger partial charge in [0.2, 0.25) is 0 Å². The molecule has 0 heterocycles. The van der Waals surface area contributed by atoms with Crippen molar-refractivity contribution in [2.75, 3.05) is 13.7 Å². The summed E-state index contributed by atoms with van der Waals surface area (Å²) < 4.78 is 9.89. The SMILES string of the molecule is CCOC(=O)NCc1ccccc1OC. The summed E-state index contributed by atoms with van der Waals surface area (Å²) in [6.45, 7) is 2.54. The van der Waals surface area contributed by atoms with E-state index < -0.39 is 6.09 Å². The Morgan fingerprint density at radius 2 is 2.13 bits per heavy atom. The molecule has 1 aromatic carbocycles. The summed E-state index contributed by atoms with van der Waals surface area (Å²) in [5, 5.41) is 2.63. The van der Waals surface area contributed by atoms with Gasteiger partial charge in [0.1, 0.15) is 5.75 Å². The number of hydrogen-bond donors (Lipinski definition) is 1. The van der Waals surface area contributed by atoms with E-state index in [0.717, 1.165) is 11.3 Å². The van der Waals surface area contributed by atoms with Crippen molar-refractivity contribution >= 4 is 6.09 Å². The highest BCUT2D eigenvalue weighted by atomic mass is 16.5. The van der Waals surface area contributed by atoms with Crippen LogP contribution in [0.15, 0.2) is 24.3 Å². The zero-order chi connectivity index (χ0) is 11.1. The van der Waals surface area contributed by atoms with Crippen LogP contribution < -0.4 is 10.1 Å². The van der Waals surface area contributed by atoms with Crippen LogP contribution in [0.25, 0.3) is 0 Å². The second kappa shape index (κ2) is 5.90. The zero-order valence-electron chi connectivity index (χ0n) is 8.95. The van der Waals surface area contributed by atoms with E-state index in [-0.39, 0.29) is 0 Å². The van der Waals surface area contributed by atoms with Crippen LogP contribution in [0, 0.1) is 0 Å². The summed E-state index contributed by atoms with van der Waals surface area (Å²) in [7, 11) is 1.60. The number of carbonyl (C=O) groups excluding carboxylic acids is 1. The summed E-state index contributed by atoms with van der Waals surface area (Å²) in [4.78, 5) is 11.0. The van der Waals surface area contributed by atoms with E-state index in [4.69, 9.17) is 9.47 Å². The third kappa shape index (κ3) is 3.50. The minimum Gasteiger partial charge on any atom is -0.496 e. The smallest absolute Gasteiger partial charge is 0.407 e. The number of rotatable bonds is 4. The quantitative estimate of drug-likeness (QED) is 0.824. The van der Waals surface area contributed by atoms with Crippen molar-refractivity contribution in [1.29, 1.82) is 0 Å². The fourth-order valence-electron chi connectivity index (χ4n) is 1.20. The highest BCUT2D eigenvalue weighted by Gasteiger charge is 2.04. The molecular formula is C11H15NO3. The molecule has 0 bridgehead atoms. The average molecular weight is 209 g/mol. The first-order chi connectivity index (χ1) is 7.27. The Kier molecular flexibility index (Phi) is 4.47. The van der Waals surface area contributed by atoms with Crippen LogP contribution in [0.2, 0.25) is 0 Å². The first-order valence-electron chi connectivity index (χ1n) is 4.80. The summed E-state index contributed by atoms with van der Waals surface area (Å²) >= 11 is 0. The molecule has 15 heavy (non-hydrogen) atoms. The van der Waals surface area contributed by atoms with Gasteiger partial charge >= 0.3 is 6.09 Å². The van der Waals surface area contributed by atoms with Gasteiger partial charge in [-0.1, -0.05) is 18.2 Å². The van der Waals surface area contributed by atoms with Crippen molar-refractivity contribution < 1.29 is 14.3 Å². The molecule has 0 saturated carbocycles. The van der Waals surface area contributed by atoms with Gasteiger partial charge in [0.25, 0.3) is 0 Å². The molecule has 0 radical (unpaired) electrons. The monoisotopic (exact) mass is 209 g/mol. The van der Waals surface area contributed by atoms with Gasteiger partial charge in [0.05, 0.1) is 13.7 Å². The van der Waals surface area contributed by atoms with Gasteiger partial charge in [-0.3, -0.25) is 0 Å². The summed E-state index contributed by atoms with van der Waals surface area (Å²) in [6, 6.07) is 7.52. The molecule has 1 rings (SSSR count). The van der Waals surface area contributed by atoms with Crippen molar-refractivity contribution in [2.45, 2.75) is 13.5 Å². The molecule has 0 spiro atoms. The molecule has 0 fully saturated rings. The zero-order valence-corrected chi connectivity index (χ0v) is 8.95. The fraction of sp³-hybridized carbons (Fsp3) is 0.364. The lowest BCUT2D eigenvalue weighted by Gasteiger charge is -2.09. The van der Waals surface area contributed by atoms with Gasteiger partial charge in [-0.2, -0.15) is 0 Å². The molecule has 0 unspecified atom stereocenters. The van der Waals surface area contributed by atoms with E-state index in [9.17, 15) is 4.79 Å². The number of amides is 1. The molecule has 0 aromatic heterocycles. The third-order valence-corrected chi connectivity index (χ3v) is 1.89. The molecule has 0 atom stereocenters. The van der Waals surface area contributed by atoms with E-state index in [1.165, 1.54) is 0 Å². The Bertz CT molecular complexity index is 325. The molecule has 0 aliphatic rings. The van der Waals surface area contributed by atoms with Crippen LogP contribution in [0.4, 0.5) is 4.79 Å². The standard InChI is InChI=1S/C11H15NO3/c1-3-15-11(13)12-8-9-6-4-5-7-10(9)14-2/h4-7H,3,8H2,1-2H3,(H,12,13). The van der Waals surface area contributed by atoms with Crippen LogP contribution in [0.5, 0.6) is 5.75 Å². The molecule has 4 nitrogen and oxygen atoms in total. The fourth-order valence-corrected chi connectivity index (χ4v) is 1.20. The van der Waals surface area contributed by atoms with Crippen LogP contribution in [0.3, 0.4) is 0 Å².